The molecule has 0 radical (unpaired) electrons. The van der Waals surface area contributed by atoms with Gasteiger partial charge in [-0.2, -0.15) is 0 Å². The Morgan fingerprint density at radius 1 is 0.909 bits per heavy atom. The fourth-order valence-electron chi connectivity index (χ4n) is 4.39. The van der Waals surface area contributed by atoms with E-state index < -0.39 is 0 Å². The largest absolute Gasteiger partial charge is 0.406 e. The molecule has 0 saturated carbocycles. The second kappa shape index (κ2) is 9.26. The average Bonchev–Trinajstić information content (AvgIpc) is 3.24. The summed E-state index contributed by atoms with van der Waals surface area (Å²) in [5.74, 6) is 0.777. The van der Waals surface area contributed by atoms with Crippen LogP contribution in [0, 0.1) is 6.92 Å². The highest BCUT2D eigenvalue weighted by Gasteiger charge is 2.27. The second-order valence-corrected chi connectivity index (χ2v) is 9.29. The fraction of sp³-hybridized carbons (Fsp3) is 0.269. The molecule has 0 N–H and O–H groups in total. The molecule has 1 amide bonds. The molecule has 2 aliphatic rings. The third kappa shape index (κ3) is 4.67. The zero-order chi connectivity index (χ0) is 22.9. The summed E-state index contributed by atoms with van der Waals surface area (Å²) < 4.78 is 0. The number of amides is 1. The molecule has 0 bridgehead atoms. The van der Waals surface area contributed by atoms with Gasteiger partial charge in [0.05, 0.1) is 13.1 Å². The van der Waals surface area contributed by atoms with Crippen LogP contribution in [0.1, 0.15) is 21.5 Å². The molecule has 5 nitrogen and oxygen atoms in total. The maximum Gasteiger partial charge on any atom is 0.258 e. The molecule has 0 unspecified atom stereocenters. The van der Waals surface area contributed by atoms with Crippen molar-refractivity contribution in [3.8, 4) is 5.75 Å². The normalized spacial score (nSPS) is 16.1. The van der Waals surface area contributed by atoms with Crippen molar-refractivity contribution in [2.45, 2.75) is 13.3 Å². The molecular weight excluding hydrogens is 457 g/mol. The molecule has 1 fully saturated rings. The molecule has 2 aliphatic heterocycles. The number of hydrogen-bond donors (Lipinski definition) is 0. The zero-order valence-electron chi connectivity index (χ0n) is 18.4. The van der Waals surface area contributed by atoms with Gasteiger partial charge in [0.15, 0.2) is 0 Å². The van der Waals surface area contributed by atoms with E-state index in [-0.39, 0.29) is 5.91 Å². The van der Waals surface area contributed by atoms with Crippen LogP contribution in [0.3, 0.4) is 0 Å². The van der Waals surface area contributed by atoms with Gasteiger partial charge in [-0.15, -0.1) is 5.06 Å². The molecule has 0 atom stereocenters. The summed E-state index contributed by atoms with van der Waals surface area (Å²) in [7, 11) is 0. The van der Waals surface area contributed by atoms with Crippen LogP contribution in [0.2, 0.25) is 10.0 Å². The number of piperazine rings is 1. The summed E-state index contributed by atoms with van der Waals surface area (Å²) in [6.07, 6.45) is 0.806. The Bertz CT molecular complexity index is 1190. The number of carbonyl (C=O) groups is 1. The van der Waals surface area contributed by atoms with Crippen molar-refractivity contribution in [1.82, 2.24) is 5.06 Å². The van der Waals surface area contributed by atoms with Gasteiger partial charge >= 0.3 is 0 Å². The quantitative estimate of drug-likeness (QED) is 0.484. The van der Waals surface area contributed by atoms with E-state index in [0.29, 0.717) is 17.1 Å². The SMILES string of the molecule is Cc1ccc(C(=O)N2CCc3cc(ON4CCN(c5cccc(Cl)c5)CC4)ccc32)cc1Cl. The van der Waals surface area contributed by atoms with E-state index in [0.717, 1.165) is 65.9 Å². The number of anilines is 2. The van der Waals surface area contributed by atoms with Gasteiger partial charge in [-0.25, -0.2) is 0 Å². The van der Waals surface area contributed by atoms with Crippen molar-refractivity contribution in [2.24, 2.45) is 0 Å². The van der Waals surface area contributed by atoms with E-state index in [4.69, 9.17) is 28.0 Å². The summed E-state index contributed by atoms with van der Waals surface area (Å²) in [6, 6.07) is 19.4. The monoisotopic (exact) mass is 481 g/mol. The Balaban J connectivity index is 1.23. The van der Waals surface area contributed by atoms with Crippen LogP contribution < -0.4 is 14.6 Å². The lowest BCUT2D eigenvalue weighted by Gasteiger charge is -2.35. The van der Waals surface area contributed by atoms with E-state index in [1.54, 1.807) is 6.07 Å². The minimum Gasteiger partial charge on any atom is -0.406 e. The Kier molecular flexibility index (Phi) is 6.19. The third-order valence-electron chi connectivity index (χ3n) is 6.26. The Labute approximate surface area is 204 Å². The molecule has 33 heavy (non-hydrogen) atoms. The Morgan fingerprint density at radius 3 is 2.48 bits per heavy atom. The fourth-order valence-corrected chi connectivity index (χ4v) is 4.75. The van der Waals surface area contributed by atoms with Crippen LogP contribution in [-0.2, 0) is 6.42 Å². The first kappa shape index (κ1) is 22.1. The van der Waals surface area contributed by atoms with Gasteiger partial charge in [0.25, 0.3) is 5.91 Å². The highest BCUT2D eigenvalue weighted by molar-refractivity contribution is 6.32. The van der Waals surface area contributed by atoms with Crippen molar-refractivity contribution in [3.63, 3.8) is 0 Å². The van der Waals surface area contributed by atoms with Gasteiger partial charge in [-0.1, -0.05) is 35.3 Å². The van der Waals surface area contributed by atoms with Crippen molar-refractivity contribution in [1.29, 1.82) is 0 Å². The summed E-state index contributed by atoms with van der Waals surface area (Å²) in [5, 5.41) is 3.36. The molecule has 1 saturated heterocycles. The molecule has 170 valence electrons. The second-order valence-electron chi connectivity index (χ2n) is 8.45. The molecule has 0 aromatic heterocycles. The van der Waals surface area contributed by atoms with E-state index in [9.17, 15) is 4.79 Å². The van der Waals surface area contributed by atoms with E-state index >= 15 is 0 Å². The number of benzene rings is 3. The lowest BCUT2D eigenvalue weighted by molar-refractivity contribution is -0.0619. The highest BCUT2D eigenvalue weighted by atomic mass is 35.5. The predicted octanol–water partition coefficient (Wildman–Crippen LogP) is 5.62. The Morgan fingerprint density at radius 2 is 1.73 bits per heavy atom. The lowest BCUT2D eigenvalue weighted by Crippen LogP contribution is -2.47. The van der Waals surface area contributed by atoms with E-state index in [2.05, 4.69) is 11.0 Å². The van der Waals surface area contributed by atoms with E-state index in [1.807, 2.05) is 65.4 Å². The maximum absolute atomic E-state index is 13.1. The first-order chi connectivity index (χ1) is 16.0. The predicted molar refractivity (Wildman–Crippen MR) is 134 cm³/mol. The van der Waals surface area contributed by atoms with Crippen LogP contribution in [0.25, 0.3) is 0 Å². The molecule has 0 spiro atoms. The van der Waals surface area contributed by atoms with Crippen LogP contribution >= 0.6 is 23.2 Å². The molecule has 3 aromatic carbocycles. The van der Waals surface area contributed by atoms with Gasteiger partial charge in [-0.3, -0.25) is 4.79 Å². The zero-order valence-corrected chi connectivity index (χ0v) is 19.9. The number of rotatable bonds is 4. The average molecular weight is 482 g/mol. The van der Waals surface area contributed by atoms with Crippen molar-refractivity contribution >= 4 is 40.5 Å². The van der Waals surface area contributed by atoms with Crippen LogP contribution in [-0.4, -0.2) is 43.7 Å². The molecule has 7 heteroatoms. The van der Waals surface area contributed by atoms with Crippen molar-refractivity contribution < 1.29 is 9.63 Å². The number of hydroxylamine groups is 2. The van der Waals surface area contributed by atoms with Crippen LogP contribution in [0.5, 0.6) is 5.75 Å². The summed E-state index contributed by atoms with van der Waals surface area (Å²) in [5.41, 5.74) is 4.77. The summed E-state index contributed by atoms with van der Waals surface area (Å²) in [6.45, 7) is 5.91. The van der Waals surface area contributed by atoms with Gasteiger partial charge in [-0.05, 0) is 73.0 Å². The Hall–Kier alpha value is -2.73. The maximum atomic E-state index is 13.1. The molecule has 2 heterocycles. The van der Waals surface area contributed by atoms with Crippen molar-refractivity contribution in [3.05, 3.63) is 87.4 Å². The van der Waals surface area contributed by atoms with Crippen LogP contribution in [0.4, 0.5) is 11.4 Å². The van der Waals surface area contributed by atoms with Gasteiger partial charge < -0.3 is 14.6 Å². The number of hydrogen-bond acceptors (Lipinski definition) is 4. The minimum atomic E-state index is -0.0264. The first-order valence-corrected chi connectivity index (χ1v) is 11.9. The molecule has 3 aromatic rings. The van der Waals surface area contributed by atoms with Crippen molar-refractivity contribution in [2.75, 3.05) is 42.5 Å². The number of carbonyl (C=O) groups excluding carboxylic acids is 1. The number of halogens is 2. The smallest absolute Gasteiger partial charge is 0.258 e. The topological polar surface area (TPSA) is 36.0 Å². The summed E-state index contributed by atoms with van der Waals surface area (Å²) >= 11 is 12.4. The molecule has 0 aliphatic carbocycles. The van der Waals surface area contributed by atoms with Gasteiger partial charge in [0, 0.05) is 46.6 Å². The van der Waals surface area contributed by atoms with Gasteiger partial charge in [0.2, 0.25) is 0 Å². The van der Waals surface area contributed by atoms with Crippen LogP contribution in [0.15, 0.2) is 60.7 Å². The highest BCUT2D eigenvalue weighted by Crippen LogP contribution is 2.33. The first-order valence-electron chi connectivity index (χ1n) is 11.1. The number of nitrogens with zero attached hydrogens (tertiary/aromatic N) is 3. The molecular formula is C26H25Cl2N3O2. The number of fused-ring (bicyclic) bond motifs is 1. The summed E-state index contributed by atoms with van der Waals surface area (Å²) in [4.78, 5) is 23.4. The van der Waals surface area contributed by atoms with Gasteiger partial charge in [0.1, 0.15) is 5.75 Å². The standard InChI is InChI=1S/C26H25Cl2N3O2/c1-18-5-6-20(16-24(18)28)26(32)31-10-9-19-15-23(7-8-25(19)31)33-30-13-11-29(12-14-30)22-4-2-3-21(27)17-22/h2-8,15-17H,9-14H2,1H3. The number of aryl methyl sites for hydroxylation is 1. The minimum absolute atomic E-state index is 0.0264. The lowest BCUT2D eigenvalue weighted by atomic mass is 10.1. The van der Waals surface area contributed by atoms with E-state index in [1.165, 1.54) is 0 Å². The molecule has 5 rings (SSSR count). The third-order valence-corrected chi connectivity index (χ3v) is 6.90.